The number of hydrogen-bond acceptors (Lipinski definition) is 2. The van der Waals surface area contributed by atoms with Gasteiger partial charge in [0.25, 0.3) is 0 Å². The Kier molecular flexibility index (Phi) is 2.69. The zero-order chi connectivity index (χ0) is 7.45. The van der Waals surface area contributed by atoms with Crippen LogP contribution in [0.5, 0.6) is 0 Å². The lowest BCUT2D eigenvalue weighted by molar-refractivity contribution is 0.129. The lowest BCUT2D eigenvalue weighted by Crippen LogP contribution is -2.06. The minimum absolute atomic E-state index is 0.256. The average molecular weight is 144 g/mol. The van der Waals surface area contributed by atoms with Gasteiger partial charge in [-0.2, -0.15) is 0 Å². The fraction of sp³-hybridized carbons (Fsp3) is 1.00. The highest BCUT2D eigenvalue weighted by Crippen LogP contribution is 2.39. The zero-order valence-electron chi connectivity index (χ0n) is 6.60. The summed E-state index contributed by atoms with van der Waals surface area (Å²) in [4.78, 5) is 0. The van der Waals surface area contributed by atoms with Crippen molar-refractivity contribution in [3.05, 3.63) is 0 Å². The van der Waals surface area contributed by atoms with Gasteiger partial charge < -0.3 is 9.84 Å². The predicted molar refractivity (Wildman–Crippen MR) is 39.9 cm³/mol. The normalized spacial score (nSPS) is 21.0. The number of hydrogen-bond donors (Lipinski definition) is 1. The first-order valence-corrected chi connectivity index (χ1v) is 3.98. The molecule has 0 bridgehead atoms. The van der Waals surface area contributed by atoms with Gasteiger partial charge in [0.05, 0.1) is 5.60 Å². The molecule has 0 heterocycles. The molecule has 0 aromatic carbocycles. The second kappa shape index (κ2) is 3.35. The molecule has 1 N–H and O–H groups in total. The van der Waals surface area contributed by atoms with E-state index >= 15 is 0 Å². The molecule has 0 spiro atoms. The summed E-state index contributed by atoms with van der Waals surface area (Å²) in [6.45, 7) is 0.829. The Balaban J connectivity index is 1.86. The third kappa shape index (κ3) is 2.67. The van der Waals surface area contributed by atoms with Gasteiger partial charge in [0.1, 0.15) is 0 Å². The lowest BCUT2D eigenvalue weighted by atomic mass is 10.1. The van der Waals surface area contributed by atoms with Crippen molar-refractivity contribution in [3.8, 4) is 0 Å². The highest BCUT2D eigenvalue weighted by Gasteiger charge is 2.38. The molecule has 0 saturated heterocycles. The molecular weight excluding hydrogens is 128 g/mol. The summed E-state index contributed by atoms with van der Waals surface area (Å²) in [5, 5.41) is 9.39. The fourth-order valence-electron chi connectivity index (χ4n) is 1.09. The Labute approximate surface area is 62.2 Å². The van der Waals surface area contributed by atoms with Crippen LogP contribution in [0.15, 0.2) is 0 Å². The van der Waals surface area contributed by atoms with Crippen molar-refractivity contribution in [1.82, 2.24) is 0 Å². The van der Waals surface area contributed by atoms with Gasteiger partial charge in [-0.3, -0.25) is 0 Å². The Morgan fingerprint density at radius 3 is 2.60 bits per heavy atom. The highest BCUT2D eigenvalue weighted by molar-refractivity contribution is 4.92. The minimum Gasteiger partial charge on any atom is -0.390 e. The van der Waals surface area contributed by atoms with E-state index in [0.29, 0.717) is 0 Å². The van der Waals surface area contributed by atoms with Crippen LogP contribution in [0, 0.1) is 0 Å². The van der Waals surface area contributed by atoms with Crippen molar-refractivity contribution in [1.29, 1.82) is 0 Å². The van der Waals surface area contributed by atoms with E-state index in [-0.39, 0.29) is 5.60 Å². The Morgan fingerprint density at radius 2 is 2.10 bits per heavy atom. The lowest BCUT2D eigenvalue weighted by Gasteiger charge is -2.05. The number of unbranched alkanes of at least 4 members (excludes halogenated alkanes) is 1. The van der Waals surface area contributed by atoms with Crippen LogP contribution < -0.4 is 0 Å². The summed E-state index contributed by atoms with van der Waals surface area (Å²) in [5.74, 6) is 0. The van der Waals surface area contributed by atoms with Gasteiger partial charge in [0.15, 0.2) is 0 Å². The standard InChI is InChI=1S/C8H16O2/c1-10-7-3-2-4-8(9)5-6-8/h9H,2-7H2,1H3. The Morgan fingerprint density at radius 1 is 1.40 bits per heavy atom. The molecule has 1 fully saturated rings. The first kappa shape index (κ1) is 8.02. The van der Waals surface area contributed by atoms with Crippen LogP contribution in [0.3, 0.4) is 0 Å². The molecule has 0 unspecified atom stereocenters. The van der Waals surface area contributed by atoms with Crippen molar-refractivity contribution in [3.63, 3.8) is 0 Å². The number of aliphatic hydroxyl groups is 1. The van der Waals surface area contributed by atoms with Gasteiger partial charge in [-0.15, -0.1) is 0 Å². The molecule has 10 heavy (non-hydrogen) atoms. The number of rotatable bonds is 5. The zero-order valence-corrected chi connectivity index (χ0v) is 6.60. The monoisotopic (exact) mass is 144 g/mol. The van der Waals surface area contributed by atoms with E-state index in [0.717, 1.165) is 38.7 Å². The van der Waals surface area contributed by atoms with Crippen molar-refractivity contribution in [2.75, 3.05) is 13.7 Å². The molecule has 1 aliphatic rings. The summed E-state index contributed by atoms with van der Waals surface area (Å²) in [7, 11) is 1.71. The summed E-state index contributed by atoms with van der Waals surface area (Å²) in [6.07, 6.45) is 5.18. The third-order valence-electron chi connectivity index (χ3n) is 2.07. The molecular formula is C8H16O2. The van der Waals surface area contributed by atoms with Crippen molar-refractivity contribution in [2.24, 2.45) is 0 Å². The second-order valence-corrected chi connectivity index (χ2v) is 3.17. The Hall–Kier alpha value is -0.0800. The second-order valence-electron chi connectivity index (χ2n) is 3.17. The van der Waals surface area contributed by atoms with Gasteiger partial charge >= 0.3 is 0 Å². The van der Waals surface area contributed by atoms with Crippen LogP contribution in [-0.4, -0.2) is 24.4 Å². The maximum Gasteiger partial charge on any atom is 0.0650 e. The van der Waals surface area contributed by atoms with Gasteiger partial charge in [0.2, 0.25) is 0 Å². The van der Waals surface area contributed by atoms with E-state index in [9.17, 15) is 5.11 Å². The quantitative estimate of drug-likeness (QED) is 0.590. The van der Waals surface area contributed by atoms with Crippen LogP contribution in [0.2, 0.25) is 0 Å². The van der Waals surface area contributed by atoms with E-state index in [1.807, 2.05) is 0 Å². The van der Waals surface area contributed by atoms with E-state index in [2.05, 4.69) is 0 Å². The molecule has 1 saturated carbocycles. The fourth-order valence-corrected chi connectivity index (χ4v) is 1.09. The smallest absolute Gasteiger partial charge is 0.0650 e. The maximum atomic E-state index is 9.39. The molecule has 0 aromatic rings. The molecule has 0 radical (unpaired) electrons. The van der Waals surface area contributed by atoms with Crippen LogP contribution >= 0.6 is 0 Å². The molecule has 0 aromatic heterocycles. The summed E-state index contributed by atoms with van der Waals surface area (Å²) >= 11 is 0. The van der Waals surface area contributed by atoms with Gasteiger partial charge in [-0.1, -0.05) is 0 Å². The molecule has 60 valence electrons. The van der Waals surface area contributed by atoms with E-state index in [1.165, 1.54) is 0 Å². The summed E-state index contributed by atoms with van der Waals surface area (Å²) in [5.41, 5.74) is -0.256. The molecule has 1 aliphatic carbocycles. The van der Waals surface area contributed by atoms with Crippen molar-refractivity contribution in [2.45, 2.75) is 37.7 Å². The van der Waals surface area contributed by atoms with Crippen LogP contribution in [0.25, 0.3) is 0 Å². The minimum atomic E-state index is -0.256. The van der Waals surface area contributed by atoms with E-state index in [4.69, 9.17) is 4.74 Å². The number of methoxy groups -OCH3 is 1. The first-order chi connectivity index (χ1) is 4.77. The SMILES string of the molecule is COCCCCC1(O)CC1. The molecule has 0 aliphatic heterocycles. The van der Waals surface area contributed by atoms with Gasteiger partial charge in [-0.25, -0.2) is 0 Å². The molecule has 1 rings (SSSR count). The predicted octanol–water partition coefficient (Wildman–Crippen LogP) is 1.33. The van der Waals surface area contributed by atoms with E-state index in [1.54, 1.807) is 7.11 Å². The van der Waals surface area contributed by atoms with Gasteiger partial charge in [0, 0.05) is 13.7 Å². The molecule has 2 nitrogen and oxygen atoms in total. The largest absolute Gasteiger partial charge is 0.390 e. The average Bonchev–Trinajstić information content (AvgIpc) is 2.62. The maximum absolute atomic E-state index is 9.39. The molecule has 0 atom stereocenters. The molecule has 2 heteroatoms. The van der Waals surface area contributed by atoms with Crippen LogP contribution in [-0.2, 0) is 4.74 Å². The number of ether oxygens (including phenoxy) is 1. The summed E-state index contributed by atoms with van der Waals surface area (Å²) in [6, 6.07) is 0. The van der Waals surface area contributed by atoms with Crippen molar-refractivity contribution >= 4 is 0 Å². The van der Waals surface area contributed by atoms with Crippen LogP contribution in [0.1, 0.15) is 32.1 Å². The third-order valence-corrected chi connectivity index (χ3v) is 2.07. The van der Waals surface area contributed by atoms with Crippen LogP contribution in [0.4, 0.5) is 0 Å². The first-order valence-electron chi connectivity index (χ1n) is 3.98. The topological polar surface area (TPSA) is 29.5 Å². The highest BCUT2D eigenvalue weighted by atomic mass is 16.5. The molecule has 0 amide bonds. The summed E-state index contributed by atoms with van der Waals surface area (Å²) < 4.78 is 4.90. The Bertz CT molecular complexity index is 97.4. The van der Waals surface area contributed by atoms with E-state index < -0.39 is 0 Å². The van der Waals surface area contributed by atoms with Crippen molar-refractivity contribution < 1.29 is 9.84 Å². The van der Waals surface area contributed by atoms with Gasteiger partial charge in [-0.05, 0) is 32.1 Å².